The lowest BCUT2D eigenvalue weighted by Gasteiger charge is -2.23. The van der Waals surface area contributed by atoms with Crippen molar-refractivity contribution in [1.82, 2.24) is 20.1 Å². The number of nitrogens with zero attached hydrogens (tertiary/aromatic N) is 3. The van der Waals surface area contributed by atoms with Gasteiger partial charge in [-0.3, -0.25) is 5.32 Å². The minimum atomic E-state index is -0.363. The van der Waals surface area contributed by atoms with Crippen LogP contribution in [-0.4, -0.2) is 40.0 Å². The summed E-state index contributed by atoms with van der Waals surface area (Å²) >= 11 is 0. The number of hydrogen-bond acceptors (Lipinski definition) is 5. The third-order valence-electron chi connectivity index (χ3n) is 5.57. The molecule has 1 fully saturated rings. The summed E-state index contributed by atoms with van der Waals surface area (Å²) in [6, 6.07) is 13.2. The Morgan fingerprint density at radius 2 is 1.82 bits per heavy atom. The Morgan fingerprint density at radius 1 is 1.09 bits per heavy atom. The molecular formula is C25H32N6O2. The second-order valence-corrected chi connectivity index (χ2v) is 9.44. The van der Waals surface area contributed by atoms with Gasteiger partial charge in [-0.25, -0.2) is 14.5 Å². The first kappa shape index (κ1) is 22.8. The summed E-state index contributed by atoms with van der Waals surface area (Å²) < 4.78 is 7.69. The lowest BCUT2D eigenvalue weighted by atomic mass is 9.92. The predicted octanol–water partition coefficient (Wildman–Crippen LogP) is 4.65. The van der Waals surface area contributed by atoms with Crippen LogP contribution in [0.3, 0.4) is 0 Å². The fraction of sp³-hybridized carbons (Fsp3) is 0.400. The molecule has 0 radical (unpaired) electrons. The third kappa shape index (κ3) is 5.90. The number of carbonyl (C=O) groups is 1. The molecule has 0 unspecified atom stereocenters. The van der Waals surface area contributed by atoms with Crippen LogP contribution in [0.2, 0.25) is 0 Å². The van der Waals surface area contributed by atoms with Gasteiger partial charge in [-0.15, -0.1) is 0 Å². The van der Waals surface area contributed by atoms with Crippen molar-refractivity contribution in [3.8, 4) is 11.6 Å². The minimum absolute atomic E-state index is 0.156. The molecule has 8 heteroatoms. The Labute approximate surface area is 194 Å². The molecule has 4 rings (SSSR count). The molecule has 2 amide bonds. The van der Waals surface area contributed by atoms with E-state index in [2.05, 4.69) is 41.7 Å². The first-order chi connectivity index (χ1) is 15.8. The van der Waals surface area contributed by atoms with Gasteiger partial charge in [0.1, 0.15) is 11.9 Å². The Bertz CT molecular complexity index is 1080. The van der Waals surface area contributed by atoms with E-state index in [1.165, 1.54) is 0 Å². The van der Waals surface area contributed by atoms with Crippen molar-refractivity contribution in [2.75, 3.05) is 23.7 Å². The summed E-state index contributed by atoms with van der Waals surface area (Å²) in [6.45, 7) is 10.2. The molecule has 3 heterocycles. The van der Waals surface area contributed by atoms with Crippen LogP contribution in [0, 0.1) is 6.92 Å². The lowest BCUT2D eigenvalue weighted by Crippen LogP contribution is -2.34. The van der Waals surface area contributed by atoms with E-state index in [9.17, 15) is 4.79 Å². The fourth-order valence-corrected chi connectivity index (χ4v) is 3.61. The molecule has 1 aliphatic heterocycles. The largest absolute Gasteiger partial charge is 0.474 e. The van der Waals surface area contributed by atoms with Crippen molar-refractivity contribution in [1.29, 1.82) is 0 Å². The van der Waals surface area contributed by atoms with Gasteiger partial charge in [-0.1, -0.05) is 38.5 Å². The number of rotatable bonds is 5. The maximum absolute atomic E-state index is 12.8. The van der Waals surface area contributed by atoms with Gasteiger partial charge in [0.15, 0.2) is 0 Å². The molecule has 3 N–H and O–H groups in total. The maximum atomic E-state index is 12.8. The molecule has 1 saturated heterocycles. The molecule has 0 bridgehead atoms. The SMILES string of the molecule is Cc1ccc(-n2nc(C(C)(C)C)cc2NC(=O)Nc2ccc(OC3CCNCC3)nc2)cc1. The van der Waals surface area contributed by atoms with Crippen LogP contribution in [0.15, 0.2) is 48.7 Å². The average Bonchev–Trinajstić information content (AvgIpc) is 3.20. The number of carbonyl (C=O) groups excluding carboxylic acids is 1. The average molecular weight is 449 g/mol. The Kier molecular flexibility index (Phi) is 6.65. The molecule has 0 saturated carbocycles. The Balaban J connectivity index is 1.45. The summed E-state index contributed by atoms with van der Waals surface area (Å²) in [5.74, 6) is 1.17. The standard InChI is InChI=1S/C25H32N6O2/c1-17-5-8-19(9-6-17)31-22(15-21(30-31)25(2,3)4)29-24(32)28-18-7-10-23(27-16-18)33-20-11-13-26-14-12-20/h5-10,15-16,20,26H,11-14H2,1-4H3,(H2,28,29,32). The van der Waals surface area contributed by atoms with Crippen LogP contribution in [0.5, 0.6) is 5.88 Å². The quantitative estimate of drug-likeness (QED) is 0.528. The number of aryl methyl sites for hydroxylation is 1. The van der Waals surface area contributed by atoms with Gasteiger partial charge in [-0.2, -0.15) is 5.10 Å². The summed E-state index contributed by atoms with van der Waals surface area (Å²) in [5.41, 5.74) is 3.36. The van der Waals surface area contributed by atoms with Gasteiger partial charge in [0.25, 0.3) is 0 Å². The monoisotopic (exact) mass is 448 g/mol. The normalized spacial score (nSPS) is 14.7. The molecule has 1 aliphatic rings. The number of pyridine rings is 1. The van der Waals surface area contributed by atoms with E-state index in [1.807, 2.05) is 37.3 Å². The van der Waals surface area contributed by atoms with Crippen molar-refractivity contribution in [3.05, 3.63) is 59.9 Å². The highest BCUT2D eigenvalue weighted by Crippen LogP contribution is 2.26. The van der Waals surface area contributed by atoms with Gasteiger partial charge >= 0.3 is 6.03 Å². The summed E-state index contributed by atoms with van der Waals surface area (Å²) in [7, 11) is 0. The minimum Gasteiger partial charge on any atom is -0.474 e. The van der Waals surface area contributed by atoms with Crippen LogP contribution in [0.4, 0.5) is 16.3 Å². The number of benzene rings is 1. The van der Waals surface area contributed by atoms with E-state index in [-0.39, 0.29) is 17.6 Å². The van der Waals surface area contributed by atoms with E-state index >= 15 is 0 Å². The highest BCUT2D eigenvalue weighted by molar-refractivity contribution is 5.99. The topological polar surface area (TPSA) is 93.1 Å². The second kappa shape index (κ2) is 9.62. The molecule has 3 aromatic rings. The zero-order valence-electron chi connectivity index (χ0n) is 19.7. The van der Waals surface area contributed by atoms with Gasteiger partial charge in [-0.05, 0) is 51.1 Å². The first-order valence-electron chi connectivity index (χ1n) is 11.4. The van der Waals surface area contributed by atoms with Crippen LogP contribution >= 0.6 is 0 Å². The summed E-state index contributed by atoms with van der Waals surface area (Å²) in [4.78, 5) is 17.1. The van der Waals surface area contributed by atoms with E-state index in [4.69, 9.17) is 9.84 Å². The van der Waals surface area contributed by atoms with Crippen LogP contribution < -0.4 is 20.7 Å². The number of urea groups is 1. The van der Waals surface area contributed by atoms with E-state index in [0.717, 1.165) is 42.9 Å². The van der Waals surface area contributed by atoms with Gasteiger partial charge in [0.2, 0.25) is 5.88 Å². The molecular weight excluding hydrogens is 416 g/mol. The summed E-state index contributed by atoms with van der Waals surface area (Å²) in [5, 5.41) is 13.8. The van der Waals surface area contributed by atoms with Gasteiger partial charge in [0.05, 0.1) is 23.3 Å². The van der Waals surface area contributed by atoms with Crippen molar-refractivity contribution < 1.29 is 9.53 Å². The molecule has 8 nitrogen and oxygen atoms in total. The number of aromatic nitrogens is 3. The zero-order valence-corrected chi connectivity index (χ0v) is 19.7. The van der Waals surface area contributed by atoms with E-state index in [0.29, 0.717) is 17.4 Å². The number of piperidine rings is 1. The Morgan fingerprint density at radius 3 is 2.45 bits per heavy atom. The lowest BCUT2D eigenvalue weighted by molar-refractivity contribution is 0.156. The number of ether oxygens (including phenoxy) is 1. The van der Waals surface area contributed by atoms with Crippen molar-refractivity contribution in [3.63, 3.8) is 0 Å². The van der Waals surface area contributed by atoms with Crippen LogP contribution in [-0.2, 0) is 5.41 Å². The predicted molar refractivity (Wildman–Crippen MR) is 130 cm³/mol. The number of anilines is 2. The van der Waals surface area contributed by atoms with Crippen LogP contribution in [0.25, 0.3) is 5.69 Å². The Hall–Kier alpha value is -3.39. The molecule has 0 aliphatic carbocycles. The van der Waals surface area contributed by atoms with E-state index < -0.39 is 0 Å². The molecule has 1 aromatic carbocycles. The molecule has 174 valence electrons. The third-order valence-corrected chi connectivity index (χ3v) is 5.57. The highest BCUT2D eigenvalue weighted by Gasteiger charge is 2.22. The van der Waals surface area contributed by atoms with Gasteiger partial charge < -0.3 is 15.4 Å². The molecule has 0 spiro atoms. The number of hydrogen-bond donors (Lipinski definition) is 3. The zero-order chi connectivity index (χ0) is 23.4. The highest BCUT2D eigenvalue weighted by atomic mass is 16.5. The van der Waals surface area contributed by atoms with Crippen LogP contribution in [0.1, 0.15) is 44.9 Å². The van der Waals surface area contributed by atoms with Crippen molar-refractivity contribution in [2.45, 2.75) is 52.1 Å². The van der Waals surface area contributed by atoms with E-state index in [1.54, 1.807) is 23.0 Å². The summed E-state index contributed by atoms with van der Waals surface area (Å²) in [6.07, 6.45) is 3.72. The first-order valence-corrected chi connectivity index (χ1v) is 11.4. The van der Waals surface area contributed by atoms with Gasteiger partial charge in [0, 0.05) is 17.5 Å². The molecule has 2 aromatic heterocycles. The molecule has 0 atom stereocenters. The number of nitrogens with one attached hydrogen (secondary N) is 3. The molecule has 33 heavy (non-hydrogen) atoms. The number of amides is 2. The van der Waals surface area contributed by atoms with Crippen molar-refractivity contribution in [2.24, 2.45) is 0 Å². The second-order valence-electron chi connectivity index (χ2n) is 9.44. The maximum Gasteiger partial charge on any atom is 0.324 e. The van der Waals surface area contributed by atoms with Crippen molar-refractivity contribution >= 4 is 17.5 Å². The smallest absolute Gasteiger partial charge is 0.324 e. The fourth-order valence-electron chi connectivity index (χ4n) is 3.61.